The van der Waals surface area contributed by atoms with Gasteiger partial charge in [-0.1, -0.05) is 25.0 Å². The third-order valence-corrected chi connectivity index (χ3v) is 3.96. The van der Waals surface area contributed by atoms with E-state index in [9.17, 15) is 4.79 Å². The number of nitrogens with zero attached hydrogens (tertiary/aromatic N) is 1. The number of rotatable bonds is 3. The molecular weight excluding hydrogens is 250 g/mol. The molecule has 3 heteroatoms. The molecule has 1 fully saturated rings. The van der Waals surface area contributed by atoms with Crippen LogP contribution in [0.1, 0.15) is 30.9 Å². The summed E-state index contributed by atoms with van der Waals surface area (Å²) in [6.45, 7) is 3.88. The van der Waals surface area contributed by atoms with Gasteiger partial charge in [0.15, 0.2) is 0 Å². The quantitative estimate of drug-likeness (QED) is 0.624. The first-order valence-corrected chi connectivity index (χ1v) is 7.01. The number of esters is 1. The SMILES string of the molecule is C#Cc1ccc(CN2CC[C@H](C)C[C@@H]2C(=O)OC)cc1. The molecule has 0 aliphatic carbocycles. The van der Waals surface area contributed by atoms with Gasteiger partial charge in [-0.15, -0.1) is 6.42 Å². The number of hydrogen-bond donors (Lipinski definition) is 0. The summed E-state index contributed by atoms with van der Waals surface area (Å²) in [5, 5.41) is 0. The molecule has 0 radical (unpaired) electrons. The molecule has 106 valence electrons. The Kier molecular flexibility index (Phi) is 4.81. The van der Waals surface area contributed by atoms with Crippen molar-refractivity contribution in [3.8, 4) is 12.3 Å². The summed E-state index contributed by atoms with van der Waals surface area (Å²) in [6, 6.07) is 7.81. The fraction of sp³-hybridized carbons (Fsp3) is 0.471. The molecule has 1 aliphatic rings. The molecule has 0 amide bonds. The van der Waals surface area contributed by atoms with Crippen molar-refractivity contribution < 1.29 is 9.53 Å². The van der Waals surface area contributed by atoms with Crippen LogP contribution in [0.2, 0.25) is 0 Å². The standard InChI is InChI=1S/C17H21NO2/c1-4-14-5-7-15(8-6-14)12-18-10-9-13(2)11-16(18)17(19)20-3/h1,5-8,13,16H,9-12H2,2-3H3/t13-,16+/m0/s1. The highest BCUT2D eigenvalue weighted by atomic mass is 16.5. The van der Waals surface area contributed by atoms with Gasteiger partial charge in [-0.05, 0) is 43.0 Å². The van der Waals surface area contributed by atoms with E-state index in [1.54, 1.807) is 0 Å². The number of carbonyl (C=O) groups is 1. The zero-order valence-electron chi connectivity index (χ0n) is 12.1. The maximum Gasteiger partial charge on any atom is 0.323 e. The van der Waals surface area contributed by atoms with Crippen molar-refractivity contribution in [1.82, 2.24) is 4.90 Å². The van der Waals surface area contributed by atoms with Gasteiger partial charge in [-0.25, -0.2) is 0 Å². The fourth-order valence-electron chi connectivity index (χ4n) is 2.70. The van der Waals surface area contributed by atoms with Crippen molar-refractivity contribution >= 4 is 5.97 Å². The number of benzene rings is 1. The van der Waals surface area contributed by atoms with Gasteiger partial charge in [-0.2, -0.15) is 0 Å². The lowest BCUT2D eigenvalue weighted by atomic mass is 9.92. The van der Waals surface area contributed by atoms with E-state index in [1.807, 2.05) is 24.3 Å². The second-order valence-corrected chi connectivity index (χ2v) is 5.48. The maximum absolute atomic E-state index is 11.9. The van der Waals surface area contributed by atoms with Crippen LogP contribution in [0, 0.1) is 18.3 Å². The predicted molar refractivity (Wildman–Crippen MR) is 79.0 cm³/mol. The van der Waals surface area contributed by atoms with E-state index in [0.29, 0.717) is 5.92 Å². The van der Waals surface area contributed by atoms with E-state index in [4.69, 9.17) is 11.2 Å². The number of methoxy groups -OCH3 is 1. The third kappa shape index (κ3) is 3.40. The van der Waals surface area contributed by atoms with Crippen LogP contribution in [0.3, 0.4) is 0 Å². The molecule has 3 nitrogen and oxygen atoms in total. The van der Waals surface area contributed by atoms with Crippen molar-refractivity contribution in [2.45, 2.75) is 32.4 Å². The molecule has 0 bridgehead atoms. The first-order chi connectivity index (χ1) is 9.63. The summed E-state index contributed by atoms with van der Waals surface area (Å²) >= 11 is 0. The summed E-state index contributed by atoms with van der Waals surface area (Å²) in [4.78, 5) is 14.1. The Balaban J connectivity index is 2.08. The molecule has 1 saturated heterocycles. The van der Waals surface area contributed by atoms with Crippen LogP contribution in [0.25, 0.3) is 0 Å². The Bertz CT molecular complexity index is 501. The van der Waals surface area contributed by atoms with Crippen LogP contribution >= 0.6 is 0 Å². The minimum Gasteiger partial charge on any atom is -0.468 e. The van der Waals surface area contributed by atoms with Crippen molar-refractivity contribution in [2.24, 2.45) is 5.92 Å². The van der Waals surface area contributed by atoms with Gasteiger partial charge < -0.3 is 4.74 Å². The van der Waals surface area contributed by atoms with Crippen molar-refractivity contribution in [3.63, 3.8) is 0 Å². The number of hydrogen-bond acceptors (Lipinski definition) is 3. The van der Waals surface area contributed by atoms with Gasteiger partial charge in [-0.3, -0.25) is 9.69 Å². The van der Waals surface area contributed by atoms with Crippen LogP contribution < -0.4 is 0 Å². The lowest BCUT2D eigenvalue weighted by Crippen LogP contribution is -2.46. The largest absolute Gasteiger partial charge is 0.468 e. The first kappa shape index (κ1) is 14.6. The number of terminal acetylenes is 1. The summed E-state index contributed by atoms with van der Waals surface area (Å²) in [6.07, 6.45) is 7.35. The summed E-state index contributed by atoms with van der Waals surface area (Å²) in [7, 11) is 1.46. The number of piperidine rings is 1. The van der Waals surface area contributed by atoms with E-state index in [2.05, 4.69) is 17.7 Å². The topological polar surface area (TPSA) is 29.5 Å². The molecule has 0 unspecified atom stereocenters. The highest BCUT2D eigenvalue weighted by molar-refractivity contribution is 5.75. The molecule has 1 aliphatic heterocycles. The molecule has 0 spiro atoms. The first-order valence-electron chi connectivity index (χ1n) is 7.01. The highest BCUT2D eigenvalue weighted by Gasteiger charge is 2.32. The highest BCUT2D eigenvalue weighted by Crippen LogP contribution is 2.25. The second-order valence-electron chi connectivity index (χ2n) is 5.48. The molecule has 0 aromatic heterocycles. The van der Waals surface area contributed by atoms with E-state index >= 15 is 0 Å². The van der Waals surface area contributed by atoms with Crippen molar-refractivity contribution in [3.05, 3.63) is 35.4 Å². The van der Waals surface area contributed by atoms with E-state index in [1.165, 1.54) is 12.7 Å². The molecule has 0 saturated carbocycles. The van der Waals surface area contributed by atoms with Gasteiger partial charge in [0, 0.05) is 12.1 Å². The zero-order valence-corrected chi connectivity index (χ0v) is 12.1. The summed E-state index contributed by atoms with van der Waals surface area (Å²) < 4.78 is 4.94. The number of carbonyl (C=O) groups excluding carboxylic acids is 1. The normalized spacial score (nSPS) is 23.1. The molecule has 1 heterocycles. The molecule has 2 rings (SSSR count). The second kappa shape index (κ2) is 6.58. The van der Waals surface area contributed by atoms with Gasteiger partial charge in [0.1, 0.15) is 6.04 Å². The number of ether oxygens (including phenoxy) is 1. The molecule has 0 N–H and O–H groups in total. The average molecular weight is 271 g/mol. The molecule has 1 aromatic rings. The predicted octanol–water partition coefficient (Wildman–Crippen LogP) is 2.44. The minimum absolute atomic E-state index is 0.128. The van der Waals surface area contributed by atoms with Crippen molar-refractivity contribution in [2.75, 3.05) is 13.7 Å². The van der Waals surface area contributed by atoms with Gasteiger partial charge in [0.05, 0.1) is 7.11 Å². The van der Waals surface area contributed by atoms with Crippen LogP contribution in [0.4, 0.5) is 0 Å². The van der Waals surface area contributed by atoms with Crippen LogP contribution in [-0.4, -0.2) is 30.6 Å². The van der Waals surface area contributed by atoms with Gasteiger partial charge in [0.2, 0.25) is 0 Å². The minimum atomic E-state index is -0.129. The lowest BCUT2D eigenvalue weighted by Gasteiger charge is -2.36. The Morgan fingerprint density at radius 2 is 2.15 bits per heavy atom. The van der Waals surface area contributed by atoms with E-state index in [-0.39, 0.29) is 12.0 Å². The molecule has 20 heavy (non-hydrogen) atoms. The Hall–Kier alpha value is -1.79. The van der Waals surface area contributed by atoms with E-state index in [0.717, 1.165) is 31.5 Å². The lowest BCUT2D eigenvalue weighted by molar-refractivity contribution is -0.149. The van der Waals surface area contributed by atoms with Crippen molar-refractivity contribution in [1.29, 1.82) is 0 Å². The van der Waals surface area contributed by atoms with Crippen LogP contribution in [0.5, 0.6) is 0 Å². The van der Waals surface area contributed by atoms with Gasteiger partial charge in [0.25, 0.3) is 0 Å². The molecular formula is C17H21NO2. The van der Waals surface area contributed by atoms with Crippen LogP contribution in [-0.2, 0) is 16.1 Å². The monoisotopic (exact) mass is 271 g/mol. The number of likely N-dealkylation sites (tertiary alicyclic amines) is 1. The fourth-order valence-corrected chi connectivity index (χ4v) is 2.70. The smallest absolute Gasteiger partial charge is 0.323 e. The Morgan fingerprint density at radius 1 is 1.45 bits per heavy atom. The molecule has 2 atom stereocenters. The van der Waals surface area contributed by atoms with Gasteiger partial charge >= 0.3 is 5.97 Å². The van der Waals surface area contributed by atoms with Crippen LogP contribution in [0.15, 0.2) is 24.3 Å². The Labute approximate surface area is 120 Å². The molecule has 1 aromatic carbocycles. The summed E-state index contributed by atoms with van der Waals surface area (Å²) in [5.74, 6) is 3.05. The van der Waals surface area contributed by atoms with E-state index < -0.39 is 0 Å². The maximum atomic E-state index is 11.9. The zero-order chi connectivity index (χ0) is 14.5. The Morgan fingerprint density at radius 3 is 2.75 bits per heavy atom. The third-order valence-electron chi connectivity index (χ3n) is 3.96. The average Bonchev–Trinajstić information content (AvgIpc) is 2.49. The summed E-state index contributed by atoms with van der Waals surface area (Å²) in [5.41, 5.74) is 2.05.